The summed E-state index contributed by atoms with van der Waals surface area (Å²) in [6.45, 7) is 0. The maximum Gasteiger partial charge on any atom is 0.238 e. The quantitative estimate of drug-likeness (QED) is 0.179. The lowest BCUT2D eigenvalue weighted by molar-refractivity contribution is 0.954. The molecule has 0 bridgehead atoms. The van der Waals surface area contributed by atoms with Crippen molar-refractivity contribution in [2.24, 2.45) is 0 Å². The Hall–Kier alpha value is -7.67. The van der Waals surface area contributed by atoms with E-state index >= 15 is 0 Å². The zero-order chi connectivity index (χ0) is 38.6. The fourth-order valence-corrected chi connectivity index (χ4v) is 10.6. The van der Waals surface area contributed by atoms with Gasteiger partial charge < -0.3 is 4.57 Å². The molecule has 0 aliphatic carbocycles. The van der Waals surface area contributed by atoms with E-state index in [1.165, 1.54) is 63.5 Å². The van der Waals surface area contributed by atoms with Crippen molar-refractivity contribution in [3.63, 3.8) is 0 Å². The van der Waals surface area contributed by atoms with E-state index in [4.69, 9.17) is 15.0 Å². The van der Waals surface area contributed by atoms with Crippen molar-refractivity contribution in [3.05, 3.63) is 188 Å². The highest BCUT2D eigenvalue weighted by atomic mass is 32.1. The van der Waals surface area contributed by atoms with Gasteiger partial charge in [-0.15, -0.1) is 11.3 Å². The van der Waals surface area contributed by atoms with Crippen LogP contribution in [0.5, 0.6) is 0 Å². The van der Waals surface area contributed by atoms with Crippen molar-refractivity contribution in [1.29, 1.82) is 0 Å². The van der Waals surface area contributed by atoms with Crippen molar-refractivity contribution < 1.29 is 0 Å². The number of fused-ring (bicyclic) bond motifs is 13. The predicted molar refractivity (Wildman–Crippen MR) is 247 cm³/mol. The predicted octanol–water partition coefficient (Wildman–Crippen LogP) is 14.1. The van der Waals surface area contributed by atoms with E-state index in [-0.39, 0.29) is 0 Å². The largest absolute Gasteiger partial charge is 0.309 e. The zero-order valence-corrected chi connectivity index (χ0v) is 32.4. The molecule has 59 heavy (non-hydrogen) atoms. The second kappa shape index (κ2) is 12.4. The van der Waals surface area contributed by atoms with Gasteiger partial charge >= 0.3 is 0 Å². The second-order valence-corrected chi connectivity index (χ2v) is 16.3. The molecular weight excluding hydrogens is 739 g/mol. The van der Waals surface area contributed by atoms with Crippen LogP contribution in [0.1, 0.15) is 0 Å². The Bertz CT molecular complexity index is 3800. The van der Waals surface area contributed by atoms with Crippen LogP contribution < -0.4 is 0 Å². The molecule has 4 heterocycles. The summed E-state index contributed by atoms with van der Waals surface area (Å²) in [5.74, 6) is 1.85. The molecule has 9 aromatic carbocycles. The Morgan fingerprint density at radius 3 is 1.76 bits per heavy atom. The highest BCUT2D eigenvalue weighted by Gasteiger charge is 2.22. The summed E-state index contributed by atoms with van der Waals surface area (Å²) in [5.41, 5.74) is 7.45. The molecule has 13 aromatic rings. The molecule has 6 heteroatoms. The Morgan fingerprint density at radius 2 is 0.966 bits per heavy atom. The molecule has 13 rings (SSSR count). The van der Waals surface area contributed by atoms with E-state index in [9.17, 15) is 0 Å². The number of para-hydroxylation sites is 2. The van der Waals surface area contributed by atoms with Gasteiger partial charge in [-0.2, -0.15) is 9.97 Å². The molecule has 0 atom stereocenters. The van der Waals surface area contributed by atoms with E-state index in [2.05, 4.69) is 179 Å². The topological polar surface area (TPSA) is 48.5 Å². The summed E-state index contributed by atoms with van der Waals surface area (Å²) in [5, 5.41) is 12.0. The molecule has 0 aliphatic heterocycles. The van der Waals surface area contributed by atoms with Crippen LogP contribution in [0.2, 0.25) is 0 Å². The van der Waals surface area contributed by atoms with Gasteiger partial charge in [0.1, 0.15) is 0 Å². The summed E-state index contributed by atoms with van der Waals surface area (Å²) in [7, 11) is 0. The van der Waals surface area contributed by atoms with Crippen molar-refractivity contribution in [3.8, 4) is 34.4 Å². The molecule has 0 N–H and O–H groups in total. The summed E-state index contributed by atoms with van der Waals surface area (Å²) in [4.78, 5) is 16.1. The maximum absolute atomic E-state index is 5.46. The van der Waals surface area contributed by atoms with Gasteiger partial charge in [-0.3, -0.25) is 4.57 Å². The van der Waals surface area contributed by atoms with Gasteiger partial charge in [-0.1, -0.05) is 140 Å². The first kappa shape index (κ1) is 32.4. The van der Waals surface area contributed by atoms with E-state index in [1.54, 1.807) is 0 Å². The molecule has 0 spiro atoms. The number of benzene rings is 9. The first-order valence-electron chi connectivity index (χ1n) is 19.9. The molecule has 0 saturated heterocycles. The number of hydrogen-bond acceptors (Lipinski definition) is 4. The zero-order valence-electron chi connectivity index (χ0n) is 31.5. The van der Waals surface area contributed by atoms with Crippen LogP contribution in [0, 0.1) is 0 Å². The monoisotopic (exact) mass is 769 g/mol. The van der Waals surface area contributed by atoms with E-state index in [0.717, 1.165) is 38.6 Å². The van der Waals surface area contributed by atoms with Gasteiger partial charge in [-0.25, -0.2) is 4.98 Å². The first-order valence-corrected chi connectivity index (χ1v) is 20.7. The standard InChI is InChI=1S/C53H31N5S/c1-2-15-33(16-3-1)51-54-52(41-31-48-50(39-21-7-6-18-36(39)41)40-22-10-13-25-47(40)59-48)56-53(55-51)58-45-29-27-34(30-42(45)49-35-17-5-4-14-32(35)26-28-46(49)58)57-43-23-11-8-19-37(43)38-20-9-12-24-44(38)57/h1-31H. The van der Waals surface area contributed by atoms with Gasteiger partial charge in [0.2, 0.25) is 5.95 Å². The number of nitrogens with zero attached hydrogens (tertiary/aromatic N) is 5. The van der Waals surface area contributed by atoms with Gasteiger partial charge in [-0.05, 0) is 70.1 Å². The third-order valence-corrected chi connectivity index (χ3v) is 13.1. The lowest BCUT2D eigenvalue weighted by Gasteiger charge is -2.13. The first-order chi connectivity index (χ1) is 29.3. The fraction of sp³-hybridized carbons (Fsp3) is 0. The number of thiophene rings is 1. The van der Waals surface area contributed by atoms with Crippen molar-refractivity contribution in [2.45, 2.75) is 0 Å². The molecule has 274 valence electrons. The molecule has 0 amide bonds. The SMILES string of the molecule is c1ccc(-c2nc(-c3cc4sc5ccccc5c4c4ccccc34)nc(-n3c4ccc(-n5c6ccccc6c6ccccc65)cc4c4c5ccccc5ccc43)n2)cc1. The Kier molecular flexibility index (Phi) is 6.82. The minimum atomic E-state index is 0.578. The molecular formula is C53H31N5S. The van der Waals surface area contributed by atoms with Crippen LogP contribution in [-0.2, 0) is 0 Å². The number of hydrogen-bond donors (Lipinski definition) is 0. The number of rotatable bonds is 4. The van der Waals surface area contributed by atoms with Crippen LogP contribution >= 0.6 is 11.3 Å². The highest BCUT2D eigenvalue weighted by Crippen LogP contribution is 2.43. The average Bonchev–Trinajstić information content (AvgIpc) is 3.96. The molecule has 0 radical (unpaired) electrons. The third kappa shape index (κ3) is 4.75. The van der Waals surface area contributed by atoms with Crippen molar-refractivity contribution in [2.75, 3.05) is 0 Å². The molecule has 0 fully saturated rings. The fourth-order valence-electron chi connectivity index (χ4n) is 9.41. The smallest absolute Gasteiger partial charge is 0.238 e. The van der Waals surface area contributed by atoms with Gasteiger partial charge in [0.25, 0.3) is 0 Å². The highest BCUT2D eigenvalue weighted by molar-refractivity contribution is 7.26. The number of aromatic nitrogens is 5. The van der Waals surface area contributed by atoms with E-state index in [1.807, 2.05) is 29.5 Å². The van der Waals surface area contributed by atoms with Gasteiger partial charge in [0.05, 0.1) is 22.1 Å². The van der Waals surface area contributed by atoms with Crippen molar-refractivity contribution >= 4 is 96.7 Å². The van der Waals surface area contributed by atoms with E-state index in [0.29, 0.717) is 17.6 Å². The minimum Gasteiger partial charge on any atom is -0.309 e. The average molecular weight is 770 g/mol. The molecule has 0 aliphatic rings. The summed E-state index contributed by atoms with van der Waals surface area (Å²) < 4.78 is 7.11. The van der Waals surface area contributed by atoms with Crippen LogP contribution in [-0.4, -0.2) is 24.1 Å². The van der Waals surface area contributed by atoms with Crippen LogP contribution in [0.25, 0.3) is 120 Å². The second-order valence-electron chi connectivity index (χ2n) is 15.2. The summed E-state index contributed by atoms with van der Waals surface area (Å²) >= 11 is 1.82. The lowest BCUT2D eigenvalue weighted by Crippen LogP contribution is -2.06. The Balaban J connectivity index is 1.13. The normalized spacial score (nSPS) is 12.1. The summed E-state index contributed by atoms with van der Waals surface area (Å²) in [6.07, 6.45) is 0. The van der Waals surface area contributed by atoms with Crippen LogP contribution in [0.3, 0.4) is 0 Å². The molecule has 0 saturated carbocycles. The molecule has 5 nitrogen and oxygen atoms in total. The minimum absolute atomic E-state index is 0.578. The van der Waals surface area contributed by atoms with Gasteiger partial charge in [0, 0.05) is 58.5 Å². The summed E-state index contributed by atoms with van der Waals surface area (Å²) in [6, 6.07) is 67.2. The van der Waals surface area contributed by atoms with Gasteiger partial charge in [0.15, 0.2) is 11.6 Å². The molecule has 0 unspecified atom stereocenters. The van der Waals surface area contributed by atoms with Crippen LogP contribution in [0.15, 0.2) is 188 Å². The third-order valence-electron chi connectivity index (χ3n) is 12.0. The Morgan fingerprint density at radius 1 is 0.356 bits per heavy atom. The maximum atomic E-state index is 5.46. The molecule has 4 aromatic heterocycles. The van der Waals surface area contributed by atoms with E-state index < -0.39 is 0 Å². The van der Waals surface area contributed by atoms with Crippen molar-refractivity contribution in [1.82, 2.24) is 24.1 Å². The van der Waals surface area contributed by atoms with Crippen LogP contribution in [0.4, 0.5) is 0 Å². The lowest BCUT2D eigenvalue weighted by atomic mass is 9.99. The Labute approximate surface area is 341 Å².